The second-order valence-corrected chi connectivity index (χ2v) is 9.77. The van der Waals surface area contributed by atoms with E-state index in [-0.39, 0.29) is 11.7 Å². The van der Waals surface area contributed by atoms with Crippen molar-refractivity contribution in [3.63, 3.8) is 0 Å². The number of halogens is 3. The Hall–Kier alpha value is -5.33. The van der Waals surface area contributed by atoms with Crippen molar-refractivity contribution in [3.05, 3.63) is 84.6 Å². The van der Waals surface area contributed by atoms with Gasteiger partial charge in [0.15, 0.2) is 0 Å². The van der Waals surface area contributed by atoms with Crippen LogP contribution in [0.25, 0.3) is 0 Å². The predicted molar refractivity (Wildman–Crippen MR) is 158 cm³/mol. The number of aryl methyl sites for hydroxylation is 1. The lowest BCUT2D eigenvalue weighted by atomic mass is 10.1. The van der Waals surface area contributed by atoms with Crippen molar-refractivity contribution in [1.82, 2.24) is 9.97 Å². The molecule has 0 unspecified atom stereocenters. The largest absolute Gasteiger partial charge is 0.573 e. The third kappa shape index (κ3) is 7.50. The predicted octanol–water partition coefficient (Wildman–Crippen LogP) is 6.97. The van der Waals surface area contributed by atoms with Crippen molar-refractivity contribution in [2.24, 2.45) is 0 Å². The van der Waals surface area contributed by atoms with Crippen LogP contribution in [0.4, 0.5) is 58.2 Å². The third-order valence-electron chi connectivity index (χ3n) is 6.67. The first kappa shape index (κ1) is 29.2. The van der Waals surface area contributed by atoms with Crippen LogP contribution in [-0.4, -0.2) is 41.9 Å². The van der Waals surface area contributed by atoms with Gasteiger partial charge in [0.1, 0.15) is 11.6 Å². The minimum Gasteiger partial charge on any atom is -0.406 e. The van der Waals surface area contributed by atoms with Crippen molar-refractivity contribution < 1.29 is 27.5 Å². The number of nitrogens with one attached hydrogen (secondary N) is 3. The first-order valence-electron chi connectivity index (χ1n) is 13.3. The van der Waals surface area contributed by atoms with Gasteiger partial charge in [-0.1, -0.05) is 6.07 Å². The maximum Gasteiger partial charge on any atom is 0.573 e. The van der Waals surface area contributed by atoms with Gasteiger partial charge in [-0.3, -0.25) is 4.79 Å². The molecule has 43 heavy (non-hydrogen) atoms. The van der Waals surface area contributed by atoms with Crippen molar-refractivity contribution in [3.8, 4) is 5.75 Å². The van der Waals surface area contributed by atoms with E-state index >= 15 is 0 Å². The summed E-state index contributed by atoms with van der Waals surface area (Å²) in [4.78, 5) is 37.2. The van der Waals surface area contributed by atoms with Crippen LogP contribution < -0.4 is 30.5 Å². The summed E-state index contributed by atoms with van der Waals surface area (Å²) in [5.74, 6) is 0.746. The summed E-state index contributed by atoms with van der Waals surface area (Å²) in [6, 6.07) is 18.8. The first-order chi connectivity index (χ1) is 20.5. The fourth-order valence-corrected chi connectivity index (χ4v) is 4.54. The summed E-state index contributed by atoms with van der Waals surface area (Å²) in [5, 5.41) is 8.45. The molecule has 0 spiro atoms. The molecule has 2 heterocycles. The molecule has 10 nitrogen and oxygen atoms in total. The number of ether oxygens (including phenoxy) is 1. The average Bonchev–Trinajstić information content (AvgIpc) is 3.40. The molecule has 3 N–H and O–H groups in total. The van der Waals surface area contributed by atoms with Crippen LogP contribution in [0.1, 0.15) is 18.4 Å². The summed E-state index contributed by atoms with van der Waals surface area (Å²) < 4.78 is 40.8. The summed E-state index contributed by atoms with van der Waals surface area (Å²) in [7, 11) is 1.84. The normalized spacial score (nSPS) is 13.0. The maximum atomic E-state index is 12.4. The fraction of sp³-hybridized carbons (Fsp3) is 0.200. The second-order valence-electron chi connectivity index (χ2n) is 9.77. The Morgan fingerprint density at radius 2 is 1.60 bits per heavy atom. The van der Waals surface area contributed by atoms with Gasteiger partial charge in [0.25, 0.3) is 0 Å². The van der Waals surface area contributed by atoms with Gasteiger partial charge in [-0.15, -0.1) is 13.2 Å². The summed E-state index contributed by atoms with van der Waals surface area (Å²) in [6.07, 6.45) is -1.75. The highest BCUT2D eigenvalue weighted by Crippen LogP contribution is 2.30. The van der Waals surface area contributed by atoms with E-state index in [1.54, 1.807) is 36.5 Å². The van der Waals surface area contributed by atoms with Gasteiger partial charge < -0.3 is 30.5 Å². The van der Waals surface area contributed by atoms with Gasteiger partial charge >= 0.3 is 12.4 Å². The molecule has 1 saturated heterocycles. The van der Waals surface area contributed by atoms with Crippen LogP contribution in [0.2, 0.25) is 0 Å². The minimum atomic E-state index is -4.79. The molecule has 0 saturated carbocycles. The number of aromatic nitrogens is 2. The van der Waals surface area contributed by atoms with Crippen LogP contribution in [0.15, 0.2) is 79.0 Å². The molecular formula is C30H28F3N7O3. The van der Waals surface area contributed by atoms with Crippen LogP contribution in [-0.2, 0) is 4.79 Å². The zero-order valence-corrected chi connectivity index (χ0v) is 23.3. The van der Waals surface area contributed by atoms with E-state index in [1.807, 2.05) is 42.0 Å². The number of rotatable bonds is 8. The summed E-state index contributed by atoms with van der Waals surface area (Å²) in [5.41, 5.74) is 4.24. The van der Waals surface area contributed by atoms with Crippen molar-refractivity contribution in [2.75, 3.05) is 39.3 Å². The molecule has 4 aromatic rings. The number of benzene rings is 3. The Bertz CT molecular complexity index is 1610. The minimum absolute atomic E-state index is 0.120. The number of amides is 3. The molecule has 0 aliphatic carbocycles. The molecule has 13 heteroatoms. The van der Waals surface area contributed by atoms with Crippen molar-refractivity contribution in [2.45, 2.75) is 26.1 Å². The Balaban J connectivity index is 1.20. The third-order valence-corrected chi connectivity index (χ3v) is 6.67. The number of urea groups is 1. The molecular weight excluding hydrogens is 563 g/mol. The number of hydrogen-bond donors (Lipinski definition) is 3. The molecule has 5 rings (SSSR count). The quantitative estimate of drug-likeness (QED) is 0.203. The molecule has 1 aliphatic rings. The molecule has 1 aromatic heterocycles. The molecule has 3 amide bonds. The monoisotopic (exact) mass is 591 g/mol. The molecule has 1 fully saturated rings. The van der Waals surface area contributed by atoms with Crippen molar-refractivity contribution >= 4 is 52.1 Å². The topological polar surface area (TPSA) is 112 Å². The number of hydrogen-bond acceptors (Lipinski definition) is 7. The average molecular weight is 592 g/mol. The lowest BCUT2D eigenvalue weighted by Gasteiger charge is -2.20. The van der Waals surface area contributed by atoms with Gasteiger partial charge in [-0.25, -0.2) is 9.78 Å². The molecule has 0 bridgehead atoms. The Morgan fingerprint density at radius 1 is 0.953 bits per heavy atom. The summed E-state index contributed by atoms with van der Waals surface area (Å²) >= 11 is 0. The highest BCUT2D eigenvalue weighted by atomic mass is 19.4. The van der Waals surface area contributed by atoms with E-state index < -0.39 is 12.4 Å². The van der Waals surface area contributed by atoms with E-state index in [2.05, 4.69) is 30.7 Å². The number of carbonyl (C=O) groups excluding carboxylic acids is 2. The molecule has 1 aliphatic heterocycles. The zero-order valence-electron chi connectivity index (χ0n) is 23.3. The van der Waals surface area contributed by atoms with Crippen LogP contribution in [0.5, 0.6) is 5.75 Å². The fourth-order valence-electron chi connectivity index (χ4n) is 4.54. The second kappa shape index (κ2) is 12.3. The van der Waals surface area contributed by atoms with E-state index in [0.29, 0.717) is 36.1 Å². The molecule has 0 radical (unpaired) electrons. The first-order valence-corrected chi connectivity index (χ1v) is 13.3. The Kier molecular flexibility index (Phi) is 8.32. The SMILES string of the molecule is Cc1ccc(Nc2nccc(N(C)c3ccc(NC(=O)Nc4ccc(OC(F)(F)F)cc4)cc3)n2)cc1N1CCCC1=O. The van der Waals surface area contributed by atoms with Gasteiger partial charge in [-0.2, -0.15) is 4.98 Å². The Labute approximate surface area is 245 Å². The number of alkyl halides is 3. The Morgan fingerprint density at radius 3 is 2.23 bits per heavy atom. The van der Waals surface area contributed by atoms with E-state index in [4.69, 9.17) is 0 Å². The number of nitrogens with zero attached hydrogens (tertiary/aromatic N) is 4. The van der Waals surface area contributed by atoms with E-state index in [1.165, 1.54) is 12.1 Å². The van der Waals surface area contributed by atoms with E-state index in [9.17, 15) is 22.8 Å². The van der Waals surface area contributed by atoms with Gasteiger partial charge in [0, 0.05) is 54.6 Å². The molecule has 222 valence electrons. The van der Waals surface area contributed by atoms with Gasteiger partial charge in [-0.05, 0) is 85.6 Å². The van der Waals surface area contributed by atoms with Gasteiger partial charge in [0.05, 0.1) is 0 Å². The van der Waals surface area contributed by atoms with Crippen LogP contribution >= 0.6 is 0 Å². The highest BCUT2D eigenvalue weighted by molar-refractivity contribution is 6.00. The number of carbonyl (C=O) groups is 2. The molecule has 3 aromatic carbocycles. The van der Waals surface area contributed by atoms with Crippen LogP contribution in [0, 0.1) is 6.92 Å². The number of anilines is 7. The lowest BCUT2D eigenvalue weighted by molar-refractivity contribution is -0.274. The van der Waals surface area contributed by atoms with Gasteiger partial charge in [0.2, 0.25) is 11.9 Å². The maximum absolute atomic E-state index is 12.4. The highest BCUT2D eigenvalue weighted by Gasteiger charge is 2.31. The summed E-state index contributed by atoms with van der Waals surface area (Å²) in [6.45, 7) is 2.68. The smallest absolute Gasteiger partial charge is 0.406 e. The lowest BCUT2D eigenvalue weighted by Crippen LogP contribution is -2.24. The van der Waals surface area contributed by atoms with Crippen LogP contribution in [0.3, 0.4) is 0 Å². The molecule has 0 atom stereocenters. The van der Waals surface area contributed by atoms with Crippen molar-refractivity contribution in [1.29, 1.82) is 0 Å². The standard InChI is InChI=1S/C30H28F3N7O3/c1-19-5-6-22(18-25(19)40-17-3-4-27(40)41)35-28-34-16-15-26(38-28)39(2)23-11-7-20(8-12-23)36-29(42)37-21-9-13-24(14-10-21)43-30(31,32)33/h5-16,18H,3-4,17H2,1-2H3,(H,34,35,38)(H2,36,37,42). The zero-order chi connectivity index (χ0) is 30.6. The van der Waals surface area contributed by atoms with E-state index in [0.717, 1.165) is 41.2 Å².